The maximum absolute atomic E-state index is 12.2. The number of likely N-dealkylation sites (N-methyl/N-ethyl adjacent to an activating group) is 1. The van der Waals surface area contributed by atoms with E-state index in [1.807, 2.05) is 40.1 Å². The topological polar surface area (TPSA) is 83.0 Å². The average molecular weight is 348 g/mol. The Balaban J connectivity index is 1.94. The quantitative estimate of drug-likeness (QED) is 0.759. The summed E-state index contributed by atoms with van der Waals surface area (Å²) in [5, 5.41) is 15.5. The average Bonchev–Trinajstić information content (AvgIpc) is 3.03. The van der Waals surface area contributed by atoms with E-state index in [-0.39, 0.29) is 11.8 Å². The normalized spacial score (nSPS) is 11.1. The van der Waals surface area contributed by atoms with Crippen molar-refractivity contribution in [3.63, 3.8) is 0 Å². The predicted octanol–water partition coefficient (Wildman–Crippen LogP) is 1.96. The van der Waals surface area contributed by atoms with Crippen molar-refractivity contribution in [1.82, 2.24) is 25.4 Å². The number of amides is 1. The number of anilines is 1. The third-order valence-electron chi connectivity index (χ3n) is 3.31. The van der Waals surface area contributed by atoms with Crippen LogP contribution in [0.3, 0.4) is 0 Å². The van der Waals surface area contributed by atoms with E-state index in [9.17, 15) is 4.79 Å². The van der Waals surface area contributed by atoms with E-state index in [1.165, 1.54) is 11.3 Å². The number of hydrogen-bond donors (Lipinski definition) is 2. The van der Waals surface area contributed by atoms with Gasteiger partial charge in [-0.15, -0.1) is 10.2 Å². The molecule has 1 amide bonds. The summed E-state index contributed by atoms with van der Waals surface area (Å²) in [5.41, 5.74) is 0.943. The second-order valence-electron chi connectivity index (χ2n) is 6.02. The van der Waals surface area contributed by atoms with Gasteiger partial charge in [0.1, 0.15) is 10.8 Å². The van der Waals surface area contributed by atoms with Crippen LogP contribution in [0.15, 0.2) is 18.3 Å². The van der Waals surface area contributed by atoms with E-state index in [2.05, 4.69) is 30.7 Å². The van der Waals surface area contributed by atoms with E-state index in [1.54, 1.807) is 6.20 Å². The number of rotatable bonds is 8. The van der Waals surface area contributed by atoms with Crippen molar-refractivity contribution < 1.29 is 4.79 Å². The van der Waals surface area contributed by atoms with E-state index in [0.717, 1.165) is 29.5 Å². The van der Waals surface area contributed by atoms with Gasteiger partial charge in [-0.05, 0) is 20.2 Å². The summed E-state index contributed by atoms with van der Waals surface area (Å²) in [5.74, 6) is 0.858. The highest BCUT2D eigenvalue weighted by Crippen LogP contribution is 2.19. The van der Waals surface area contributed by atoms with E-state index >= 15 is 0 Å². The van der Waals surface area contributed by atoms with Crippen molar-refractivity contribution in [3.8, 4) is 0 Å². The van der Waals surface area contributed by atoms with Crippen LogP contribution in [0, 0.1) is 0 Å². The van der Waals surface area contributed by atoms with Gasteiger partial charge >= 0.3 is 0 Å². The highest BCUT2D eigenvalue weighted by atomic mass is 32.1. The maximum Gasteiger partial charge on any atom is 0.282 e. The highest BCUT2D eigenvalue weighted by molar-refractivity contribution is 7.13. The molecule has 0 bridgehead atoms. The summed E-state index contributed by atoms with van der Waals surface area (Å²) in [4.78, 5) is 18.7. The van der Waals surface area contributed by atoms with Gasteiger partial charge in [0.15, 0.2) is 0 Å². The molecule has 8 heteroatoms. The van der Waals surface area contributed by atoms with Crippen LogP contribution >= 0.6 is 11.3 Å². The standard InChI is InChI=1S/C16H24N6OS/c1-11(2)15-20-21-16(24-15)14(23)19-10-12-6-5-7-17-13(12)18-8-9-22(3)4/h5-7,11H,8-10H2,1-4H3,(H,17,18)(H,19,23). The fourth-order valence-corrected chi connectivity index (χ4v) is 2.71. The molecule has 0 fully saturated rings. The van der Waals surface area contributed by atoms with Crippen molar-refractivity contribution in [2.24, 2.45) is 0 Å². The van der Waals surface area contributed by atoms with Gasteiger partial charge in [0.25, 0.3) is 5.91 Å². The number of nitrogens with one attached hydrogen (secondary N) is 2. The molecule has 0 unspecified atom stereocenters. The number of hydrogen-bond acceptors (Lipinski definition) is 7. The molecule has 0 aromatic carbocycles. The van der Waals surface area contributed by atoms with E-state index in [0.29, 0.717) is 11.6 Å². The molecule has 130 valence electrons. The lowest BCUT2D eigenvalue weighted by molar-refractivity contribution is 0.0950. The predicted molar refractivity (Wildman–Crippen MR) is 96.4 cm³/mol. The minimum atomic E-state index is -0.206. The third kappa shape index (κ3) is 5.24. The molecule has 0 radical (unpaired) electrons. The molecular weight excluding hydrogens is 324 g/mol. The van der Waals surface area contributed by atoms with Crippen LogP contribution < -0.4 is 10.6 Å². The SMILES string of the molecule is CC(C)c1nnc(C(=O)NCc2cccnc2NCCN(C)C)s1. The molecule has 2 aromatic rings. The van der Waals surface area contributed by atoms with Crippen molar-refractivity contribution >= 4 is 23.1 Å². The summed E-state index contributed by atoms with van der Waals surface area (Å²) in [6.07, 6.45) is 1.74. The Morgan fingerprint density at radius 1 is 1.33 bits per heavy atom. The second kappa shape index (κ2) is 8.70. The Bertz CT molecular complexity index is 670. The number of carbonyl (C=O) groups is 1. The Morgan fingerprint density at radius 3 is 2.79 bits per heavy atom. The second-order valence-corrected chi connectivity index (χ2v) is 7.03. The number of pyridine rings is 1. The van der Waals surface area contributed by atoms with Crippen LogP contribution in [-0.4, -0.2) is 53.2 Å². The van der Waals surface area contributed by atoms with Gasteiger partial charge in [-0.1, -0.05) is 31.3 Å². The van der Waals surface area contributed by atoms with Gasteiger partial charge in [-0.2, -0.15) is 0 Å². The number of aromatic nitrogens is 3. The molecule has 24 heavy (non-hydrogen) atoms. The summed E-state index contributed by atoms with van der Waals surface area (Å²) in [7, 11) is 4.05. The highest BCUT2D eigenvalue weighted by Gasteiger charge is 2.15. The molecular formula is C16H24N6OS. The van der Waals surface area contributed by atoms with Gasteiger partial charge in [-0.25, -0.2) is 4.98 Å². The van der Waals surface area contributed by atoms with Gasteiger partial charge in [-0.3, -0.25) is 4.79 Å². The molecule has 2 N–H and O–H groups in total. The van der Waals surface area contributed by atoms with Crippen LogP contribution in [-0.2, 0) is 6.54 Å². The Hall–Kier alpha value is -2.06. The first-order valence-corrected chi connectivity index (χ1v) is 8.73. The first kappa shape index (κ1) is 18.3. The summed E-state index contributed by atoms with van der Waals surface area (Å²) < 4.78 is 0. The smallest absolute Gasteiger partial charge is 0.282 e. The summed E-state index contributed by atoms with van der Waals surface area (Å²) in [6.45, 7) is 6.16. The number of nitrogens with zero attached hydrogens (tertiary/aromatic N) is 4. The van der Waals surface area contributed by atoms with Gasteiger partial charge < -0.3 is 15.5 Å². The fourth-order valence-electron chi connectivity index (χ4n) is 1.95. The number of carbonyl (C=O) groups excluding carboxylic acids is 1. The van der Waals surface area contributed by atoms with E-state index in [4.69, 9.17) is 0 Å². The van der Waals surface area contributed by atoms with Gasteiger partial charge in [0.05, 0.1) is 0 Å². The Morgan fingerprint density at radius 2 is 2.12 bits per heavy atom. The van der Waals surface area contributed by atoms with Crippen LogP contribution in [0.25, 0.3) is 0 Å². The molecule has 0 aliphatic rings. The zero-order chi connectivity index (χ0) is 17.5. The Kier molecular flexibility index (Phi) is 6.62. The molecule has 0 saturated heterocycles. The zero-order valence-corrected chi connectivity index (χ0v) is 15.4. The molecule has 0 spiro atoms. The van der Waals surface area contributed by atoms with Crippen molar-refractivity contribution in [1.29, 1.82) is 0 Å². The van der Waals surface area contributed by atoms with Crippen LogP contribution in [0.2, 0.25) is 0 Å². The minimum absolute atomic E-state index is 0.206. The van der Waals surface area contributed by atoms with Crippen molar-refractivity contribution in [2.45, 2.75) is 26.3 Å². The molecule has 0 saturated carbocycles. The monoisotopic (exact) mass is 348 g/mol. The molecule has 2 heterocycles. The molecule has 7 nitrogen and oxygen atoms in total. The lowest BCUT2D eigenvalue weighted by atomic mass is 10.2. The molecule has 0 atom stereocenters. The molecule has 2 aromatic heterocycles. The largest absolute Gasteiger partial charge is 0.369 e. The maximum atomic E-state index is 12.2. The van der Waals surface area contributed by atoms with Gasteiger partial charge in [0, 0.05) is 37.3 Å². The molecule has 0 aliphatic heterocycles. The first-order chi connectivity index (χ1) is 11.5. The molecule has 2 rings (SSSR count). The van der Waals surface area contributed by atoms with Gasteiger partial charge in [0.2, 0.25) is 5.01 Å². The minimum Gasteiger partial charge on any atom is -0.369 e. The zero-order valence-electron chi connectivity index (χ0n) is 14.5. The van der Waals surface area contributed by atoms with E-state index < -0.39 is 0 Å². The summed E-state index contributed by atoms with van der Waals surface area (Å²) in [6, 6.07) is 3.81. The lowest BCUT2D eigenvalue weighted by Gasteiger charge is -2.13. The molecule has 0 aliphatic carbocycles. The third-order valence-corrected chi connectivity index (χ3v) is 4.53. The van der Waals surface area contributed by atoms with Crippen molar-refractivity contribution in [2.75, 3.05) is 32.5 Å². The lowest BCUT2D eigenvalue weighted by Crippen LogP contribution is -2.25. The van der Waals surface area contributed by atoms with Crippen LogP contribution in [0.1, 0.15) is 40.1 Å². The van der Waals surface area contributed by atoms with Crippen LogP contribution in [0.4, 0.5) is 5.82 Å². The first-order valence-electron chi connectivity index (χ1n) is 7.91. The summed E-state index contributed by atoms with van der Waals surface area (Å²) >= 11 is 1.33. The fraction of sp³-hybridized carbons (Fsp3) is 0.500. The van der Waals surface area contributed by atoms with Crippen molar-refractivity contribution in [3.05, 3.63) is 33.9 Å². The van der Waals surface area contributed by atoms with Crippen LogP contribution in [0.5, 0.6) is 0 Å². The Labute approximate surface area is 146 Å².